The second kappa shape index (κ2) is 8.25. The van der Waals surface area contributed by atoms with Crippen LogP contribution in [0.25, 0.3) is 0 Å². The Kier molecular flexibility index (Phi) is 5.81. The number of carbonyl (C=O) groups is 1. The predicted octanol–water partition coefficient (Wildman–Crippen LogP) is 2.33. The molecule has 0 radical (unpaired) electrons. The molecule has 1 heterocycles. The number of anilines is 1. The molecule has 0 bridgehead atoms. The van der Waals surface area contributed by atoms with E-state index in [0.717, 1.165) is 29.9 Å². The van der Waals surface area contributed by atoms with Crippen molar-refractivity contribution in [2.75, 3.05) is 25.0 Å². The average molecular weight is 340 g/mol. The van der Waals surface area contributed by atoms with Gasteiger partial charge in [-0.05, 0) is 29.7 Å². The van der Waals surface area contributed by atoms with Gasteiger partial charge in [-0.1, -0.05) is 42.5 Å². The maximum absolute atomic E-state index is 12.6. The third-order valence-electron chi connectivity index (χ3n) is 4.43. The number of amides is 1. The number of aliphatic hydroxyl groups excluding tert-OH is 1. The molecule has 5 heteroatoms. The number of rotatable bonds is 5. The minimum absolute atomic E-state index is 0.0477. The fraction of sp³-hybridized carbons (Fsp3) is 0.350. The number of aliphatic hydroxyl groups is 1. The van der Waals surface area contributed by atoms with Gasteiger partial charge in [0.25, 0.3) is 5.91 Å². The molecule has 2 aromatic carbocycles. The van der Waals surface area contributed by atoms with Gasteiger partial charge in [-0.15, -0.1) is 0 Å². The molecule has 1 unspecified atom stereocenters. The van der Waals surface area contributed by atoms with Gasteiger partial charge in [-0.2, -0.15) is 0 Å². The van der Waals surface area contributed by atoms with E-state index in [4.69, 9.17) is 4.74 Å². The van der Waals surface area contributed by atoms with Crippen LogP contribution < -0.4 is 5.32 Å². The summed E-state index contributed by atoms with van der Waals surface area (Å²) >= 11 is 0. The summed E-state index contributed by atoms with van der Waals surface area (Å²) in [5, 5.41) is 12.2. The summed E-state index contributed by atoms with van der Waals surface area (Å²) in [7, 11) is 0. The Hall–Kier alpha value is -2.21. The van der Waals surface area contributed by atoms with E-state index in [9.17, 15) is 9.90 Å². The highest BCUT2D eigenvalue weighted by Gasteiger charge is 2.27. The van der Waals surface area contributed by atoms with Gasteiger partial charge in [0.05, 0.1) is 13.2 Å². The molecule has 2 aromatic rings. The number of nitrogens with one attached hydrogen (secondary N) is 1. The standard InChI is InChI=1S/C20H24N2O3/c1-15-7-8-17(14-23)11-18(15)21-20(24)19-13-22(9-10-25-19)12-16-5-3-2-4-6-16/h2-8,11,19,23H,9-10,12-14H2,1H3,(H,21,24). The summed E-state index contributed by atoms with van der Waals surface area (Å²) in [5.74, 6) is -0.143. The highest BCUT2D eigenvalue weighted by molar-refractivity contribution is 5.95. The van der Waals surface area contributed by atoms with Gasteiger partial charge in [0, 0.05) is 25.3 Å². The van der Waals surface area contributed by atoms with E-state index >= 15 is 0 Å². The zero-order chi connectivity index (χ0) is 17.6. The smallest absolute Gasteiger partial charge is 0.254 e. The summed E-state index contributed by atoms with van der Waals surface area (Å²) in [6.07, 6.45) is -0.491. The zero-order valence-corrected chi connectivity index (χ0v) is 14.4. The van der Waals surface area contributed by atoms with E-state index in [0.29, 0.717) is 13.2 Å². The van der Waals surface area contributed by atoms with Gasteiger partial charge < -0.3 is 15.2 Å². The van der Waals surface area contributed by atoms with Crippen molar-refractivity contribution in [2.24, 2.45) is 0 Å². The molecule has 0 spiro atoms. The second-order valence-corrected chi connectivity index (χ2v) is 6.38. The first-order valence-electron chi connectivity index (χ1n) is 8.55. The third-order valence-corrected chi connectivity index (χ3v) is 4.43. The van der Waals surface area contributed by atoms with Gasteiger partial charge in [-0.25, -0.2) is 0 Å². The van der Waals surface area contributed by atoms with Crippen molar-refractivity contribution < 1.29 is 14.6 Å². The largest absolute Gasteiger partial charge is 0.392 e. The van der Waals surface area contributed by atoms with Crippen LogP contribution >= 0.6 is 0 Å². The number of aryl methyl sites for hydroxylation is 1. The fourth-order valence-electron chi connectivity index (χ4n) is 2.96. The van der Waals surface area contributed by atoms with Gasteiger partial charge in [0.1, 0.15) is 6.10 Å². The van der Waals surface area contributed by atoms with Gasteiger partial charge in [0.15, 0.2) is 0 Å². The Morgan fingerprint density at radius 3 is 2.80 bits per heavy atom. The molecule has 1 aliphatic heterocycles. The molecule has 5 nitrogen and oxygen atoms in total. The minimum atomic E-state index is -0.491. The van der Waals surface area contributed by atoms with Gasteiger partial charge in [0.2, 0.25) is 0 Å². The number of hydrogen-bond acceptors (Lipinski definition) is 4. The van der Waals surface area contributed by atoms with Crippen molar-refractivity contribution in [3.05, 3.63) is 65.2 Å². The molecule has 0 saturated carbocycles. The first kappa shape index (κ1) is 17.6. The monoisotopic (exact) mass is 340 g/mol. The fourth-order valence-corrected chi connectivity index (χ4v) is 2.96. The first-order valence-corrected chi connectivity index (χ1v) is 8.55. The van der Waals surface area contributed by atoms with E-state index in [2.05, 4.69) is 22.3 Å². The Balaban J connectivity index is 1.62. The van der Waals surface area contributed by atoms with E-state index in [1.54, 1.807) is 6.07 Å². The lowest BCUT2D eigenvalue weighted by Crippen LogP contribution is -2.47. The van der Waals surface area contributed by atoms with E-state index in [1.807, 2.05) is 37.3 Å². The molecule has 0 aliphatic carbocycles. The number of morpholine rings is 1. The summed E-state index contributed by atoms with van der Waals surface area (Å²) < 4.78 is 5.67. The lowest BCUT2D eigenvalue weighted by molar-refractivity contribution is -0.133. The molecular weight excluding hydrogens is 316 g/mol. The second-order valence-electron chi connectivity index (χ2n) is 6.38. The minimum Gasteiger partial charge on any atom is -0.392 e. The third kappa shape index (κ3) is 4.66. The number of hydrogen-bond donors (Lipinski definition) is 2. The van der Waals surface area contributed by atoms with E-state index < -0.39 is 6.10 Å². The van der Waals surface area contributed by atoms with Crippen molar-refractivity contribution in [3.8, 4) is 0 Å². The van der Waals surface area contributed by atoms with Crippen LogP contribution in [0.1, 0.15) is 16.7 Å². The summed E-state index contributed by atoms with van der Waals surface area (Å²) in [6, 6.07) is 15.8. The van der Waals surface area contributed by atoms with Crippen LogP contribution in [0.15, 0.2) is 48.5 Å². The van der Waals surface area contributed by atoms with Crippen LogP contribution in [0.2, 0.25) is 0 Å². The van der Waals surface area contributed by atoms with Crippen LogP contribution in [0.3, 0.4) is 0 Å². The molecule has 25 heavy (non-hydrogen) atoms. The van der Waals surface area contributed by atoms with E-state index in [1.165, 1.54) is 5.56 Å². The normalized spacial score (nSPS) is 18.1. The van der Waals surface area contributed by atoms with Crippen LogP contribution in [0.4, 0.5) is 5.69 Å². The first-order chi connectivity index (χ1) is 12.2. The summed E-state index contributed by atoms with van der Waals surface area (Å²) in [6.45, 7) is 4.62. The highest BCUT2D eigenvalue weighted by atomic mass is 16.5. The molecule has 1 atom stereocenters. The van der Waals surface area contributed by atoms with Crippen LogP contribution in [-0.4, -0.2) is 41.7 Å². The summed E-state index contributed by atoms with van der Waals surface area (Å²) in [5.41, 5.74) is 3.69. The Morgan fingerprint density at radius 1 is 1.24 bits per heavy atom. The molecule has 1 fully saturated rings. The topological polar surface area (TPSA) is 61.8 Å². The molecule has 1 saturated heterocycles. The Labute approximate surface area is 148 Å². The maximum Gasteiger partial charge on any atom is 0.254 e. The zero-order valence-electron chi connectivity index (χ0n) is 14.4. The van der Waals surface area contributed by atoms with Crippen LogP contribution in [-0.2, 0) is 22.7 Å². The van der Waals surface area contributed by atoms with Crippen LogP contribution in [0, 0.1) is 6.92 Å². The quantitative estimate of drug-likeness (QED) is 0.877. The predicted molar refractivity (Wildman–Crippen MR) is 97.2 cm³/mol. The molecule has 1 amide bonds. The Morgan fingerprint density at radius 2 is 2.04 bits per heavy atom. The molecular formula is C20H24N2O3. The molecule has 132 valence electrons. The number of carbonyl (C=O) groups excluding carboxylic acids is 1. The molecule has 1 aliphatic rings. The lowest BCUT2D eigenvalue weighted by atomic mass is 10.1. The number of nitrogens with zero attached hydrogens (tertiary/aromatic N) is 1. The highest BCUT2D eigenvalue weighted by Crippen LogP contribution is 2.18. The molecule has 2 N–H and O–H groups in total. The summed E-state index contributed by atoms with van der Waals surface area (Å²) in [4.78, 5) is 14.8. The molecule has 3 rings (SSSR count). The van der Waals surface area contributed by atoms with Crippen molar-refractivity contribution >= 4 is 11.6 Å². The van der Waals surface area contributed by atoms with Gasteiger partial charge in [-0.3, -0.25) is 9.69 Å². The van der Waals surface area contributed by atoms with Crippen LogP contribution in [0.5, 0.6) is 0 Å². The average Bonchev–Trinajstić information content (AvgIpc) is 2.64. The SMILES string of the molecule is Cc1ccc(CO)cc1NC(=O)C1CN(Cc2ccccc2)CCO1. The van der Waals surface area contributed by atoms with Crippen molar-refractivity contribution in [1.29, 1.82) is 0 Å². The number of benzene rings is 2. The van der Waals surface area contributed by atoms with Gasteiger partial charge >= 0.3 is 0 Å². The number of ether oxygens (including phenoxy) is 1. The van der Waals surface area contributed by atoms with Crippen molar-refractivity contribution in [3.63, 3.8) is 0 Å². The van der Waals surface area contributed by atoms with E-state index in [-0.39, 0.29) is 12.5 Å². The Bertz CT molecular complexity index is 718. The maximum atomic E-state index is 12.6. The lowest BCUT2D eigenvalue weighted by Gasteiger charge is -2.32. The molecule has 0 aromatic heterocycles. The van der Waals surface area contributed by atoms with Crippen molar-refractivity contribution in [2.45, 2.75) is 26.2 Å². The van der Waals surface area contributed by atoms with Crippen molar-refractivity contribution in [1.82, 2.24) is 4.90 Å².